The third kappa shape index (κ3) is 5.82. The first-order chi connectivity index (χ1) is 17.7. The highest BCUT2D eigenvalue weighted by atomic mass is 19.2. The zero-order valence-electron chi connectivity index (χ0n) is 21.6. The molecule has 1 aliphatic heterocycles. The van der Waals surface area contributed by atoms with Crippen LogP contribution in [0.25, 0.3) is 0 Å². The molecule has 2 N–H and O–H groups in total. The number of anilines is 2. The van der Waals surface area contributed by atoms with Gasteiger partial charge in [0.2, 0.25) is 11.8 Å². The first-order valence-corrected chi connectivity index (χ1v) is 12.6. The minimum absolute atomic E-state index is 0.0752. The van der Waals surface area contributed by atoms with Gasteiger partial charge in [-0.25, -0.2) is 8.78 Å². The van der Waals surface area contributed by atoms with Gasteiger partial charge in [-0.1, -0.05) is 70.2 Å². The molecule has 0 saturated heterocycles. The normalized spacial score (nSPS) is 16.7. The van der Waals surface area contributed by atoms with Gasteiger partial charge in [0.05, 0.1) is 5.92 Å². The highest BCUT2D eigenvalue weighted by Gasteiger charge is 2.44. The van der Waals surface area contributed by atoms with Crippen LogP contribution in [0.5, 0.6) is 0 Å². The molecule has 1 heterocycles. The molecule has 37 heavy (non-hydrogen) atoms. The lowest BCUT2D eigenvalue weighted by Gasteiger charge is -2.33. The van der Waals surface area contributed by atoms with E-state index in [1.165, 1.54) is 6.07 Å². The van der Waals surface area contributed by atoms with E-state index in [1.807, 2.05) is 50.2 Å². The van der Waals surface area contributed by atoms with Gasteiger partial charge in [-0.2, -0.15) is 0 Å². The predicted molar refractivity (Wildman–Crippen MR) is 142 cm³/mol. The zero-order chi connectivity index (χ0) is 26.7. The van der Waals surface area contributed by atoms with Crippen molar-refractivity contribution >= 4 is 23.2 Å². The molecule has 7 heteroatoms. The Morgan fingerprint density at radius 3 is 2.27 bits per heavy atom. The van der Waals surface area contributed by atoms with Gasteiger partial charge in [0.1, 0.15) is 0 Å². The lowest BCUT2D eigenvalue weighted by molar-refractivity contribution is -0.123. The number of rotatable bonds is 8. The Balaban J connectivity index is 1.68. The number of nitrogens with zero attached hydrogens (tertiary/aromatic N) is 1. The number of nitrogens with one attached hydrogen (secondary N) is 2. The third-order valence-corrected chi connectivity index (χ3v) is 6.78. The number of amides is 2. The summed E-state index contributed by atoms with van der Waals surface area (Å²) in [5.74, 6) is -2.62. The molecule has 0 fully saturated rings. The van der Waals surface area contributed by atoms with Crippen molar-refractivity contribution in [1.82, 2.24) is 5.32 Å². The van der Waals surface area contributed by atoms with Crippen molar-refractivity contribution in [3.05, 3.63) is 95.1 Å². The molecule has 2 unspecified atom stereocenters. The fraction of sp³-hybridized carbons (Fsp3) is 0.333. The summed E-state index contributed by atoms with van der Waals surface area (Å²) >= 11 is 0. The summed E-state index contributed by atoms with van der Waals surface area (Å²) in [5.41, 5.74) is 4.05. The molecular formula is C30H33F2N3O2. The Labute approximate surface area is 216 Å². The highest BCUT2D eigenvalue weighted by Crippen LogP contribution is 2.46. The summed E-state index contributed by atoms with van der Waals surface area (Å²) in [7, 11) is 0. The van der Waals surface area contributed by atoms with Gasteiger partial charge in [-0.05, 0) is 46.9 Å². The number of hydrogen-bond acceptors (Lipinski definition) is 3. The molecule has 0 bridgehead atoms. The summed E-state index contributed by atoms with van der Waals surface area (Å²) in [6.07, 6.45) is 0. The van der Waals surface area contributed by atoms with E-state index in [-0.39, 0.29) is 36.2 Å². The van der Waals surface area contributed by atoms with Gasteiger partial charge in [-0.3, -0.25) is 9.59 Å². The minimum Gasteiger partial charge on any atom is -0.363 e. The first kappa shape index (κ1) is 26.3. The molecule has 194 valence electrons. The van der Waals surface area contributed by atoms with E-state index < -0.39 is 17.6 Å². The molecule has 4 rings (SSSR count). The van der Waals surface area contributed by atoms with E-state index >= 15 is 0 Å². The summed E-state index contributed by atoms with van der Waals surface area (Å²) in [6.45, 7) is 8.55. The molecule has 3 aromatic carbocycles. The number of fused-ring (bicyclic) bond motifs is 1. The summed E-state index contributed by atoms with van der Waals surface area (Å²) in [4.78, 5) is 28.2. The largest absolute Gasteiger partial charge is 0.363 e. The van der Waals surface area contributed by atoms with Gasteiger partial charge < -0.3 is 15.5 Å². The van der Waals surface area contributed by atoms with Crippen LogP contribution in [0.15, 0.2) is 66.7 Å². The topological polar surface area (TPSA) is 61.4 Å². The SMILES string of the molecule is CC(C)C(=O)Nc1ccc2c(c1)N(Cc1ccccc1)C(C(C)C)C2C(=O)NCc1ccc(F)c(F)c1. The van der Waals surface area contributed by atoms with Gasteiger partial charge in [0.25, 0.3) is 0 Å². The standard InChI is InChI=1S/C30H33F2N3O2/c1-18(2)28-27(30(37)33-16-21-10-13-24(31)25(32)14-21)23-12-11-22(34-29(36)19(3)4)15-26(23)35(28)17-20-8-6-5-7-9-20/h5-15,18-19,27-28H,16-17H2,1-4H3,(H,33,37)(H,34,36). The fourth-order valence-electron chi connectivity index (χ4n) is 4.90. The van der Waals surface area contributed by atoms with Crippen molar-refractivity contribution in [2.45, 2.75) is 52.7 Å². The Hall–Kier alpha value is -3.74. The maximum Gasteiger partial charge on any atom is 0.229 e. The summed E-state index contributed by atoms with van der Waals surface area (Å²) < 4.78 is 27.0. The molecule has 1 aliphatic rings. The molecule has 0 aliphatic carbocycles. The zero-order valence-corrected chi connectivity index (χ0v) is 21.6. The van der Waals surface area contributed by atoms with Gasteiger partial charge in [0, 0.05) is 36.4 Å². The highest BCUT2D eigenvalue weighted by molar-refractivity contribution is 5.94. The van der Waals surface area contributed by atoms with E-state index in [9.17, 15) is 18.4 Å². The van der Waals surface area contributed by atoms with Crippen LogP contribution in [0.1, 0.15) is 50.3 Å². The van der Waals surface area contributed by atoms with Crippen molar-refractivity contribution in [1.29, 1.82) is 0 Å². The van der Waals surface area contributed by atoms with Crippen molar-refractivity contribution < 1.29 is 18.4 Å². The number of halogens is 2. The molecular weight excluding hydrogens is 472 g/mol. The molecule has 0 saturated carbocycles. The Morgan fingerprint density at radius 1 is 0.892 bits per heavy atom. The molecule has 3 aromatic rings. The van der Waals surface area contributed by atoms with E-state index in [0.29, 0.717) is 17.8 Å². The number of carbonyl (C=O) groups is 2. The van der Waals surface area contributed by atoms with Crippen molar-refractivity contribution in [2.24, 2.45) is 11.8 Å². The lowest BCUT2D eigenvalue weighted by Crippen LogP contribution is -2.43. The lowest BCUT2D eigenvalue weighted by atomic mass is 9.87. The van der Waals surface area contributed by atoms with Gasteiger partial charge >= 0.3 is 0 Å². The van der Waals surface area contributed by atoms with Crippen LogP contribution in [-0.4, -0.2) is 17.9 Å². The van der Waals surface area contributed by atoms with E-state index in [2.05, 4.69) is 41.5 Å². The monoisotopic (exact) mass is 505 g/mol. The van der Waals surface area contributed by atoms with Gasteiger partial charge in [0.15, 0.2) is 11.6 Å². The Kier molecular flexibility index (Phi) is 7.91. The average Bonchev–Trinajstić information content (AvgIpc) is 3.18. The van der Waals surface area contributed by atoms with Crippen LogP contribution in [-0.2, 0) is 22.7 Å². The van der Waals surface area contributed by atoms with Crippen molar-refractivity contribution in [2.75, 3.05) is 10.2 Å². The van der Waals surface area contributed by atoms with E-state index in [4.69, 9.17) is 0 Å². The van der Waals surface area contributed by atoms with Crippen LogP contribution in [0.2, 0.25) is 0 Å². The second-order valence-corrected chi connectivity index (χ2v) is 10.2. The maximum atomic E-state index is 13.7. The molecule has 0 spiro atoms. The molecule has 2 amide bonds. The molecule has 2 atom stereocenters. The van der Waals surface area contributed by atoms with Crippen molar-refractivity contribution in [3.63, 3.8) is 0 Å². The fourth-order valence-corrected chi connectivity index (χ4v) is 4.90. The predicted octanol–water partition coefficient (Wildman–Crippen LogP) is 6.00. The van der Waals surface area contributed by atoms with Crippen LogP contribution in [0.4, 0.5) is 20.2 Å². The second kappa shape index (κ2) is 11.1. The smallest absolute Gasteiger partial charge is 0.229 e. The van der Waals surface area contributed by atoms with Crippen LogP contribution in [0.3, 0.4) is 0 Å². The minimum atomic E-state index is -0.942. The molecule has 0 radical (unpaired) electrons. The Bertz CT molecular complexity index is 1280. The van der Waals surface area contributed by atoms with Crippen molar-refractivity contribution in [3.8, 4) is 0 Å². The van der Waals surface area contributed by atoms with E-state index in [1.54, 1.807) is 0 Å². The summed E-state index contributed by atoms with van der Waals surface area (Å²) in [6, 6.07) is 19.2. The second-order valence-electron chi connectivity index (χ2n) is 10.2. The summed E-state index contributed by atoms with van der Waals surface area (Å²) in [5, 5.41) is 5.90. The van der Waals surface area contributed by atoms with E-state index in [0.717, 1.165) is 28.9 Å². The molecule has 5 nitrogen and oxygen atoms in total. The first-order valence-electron chi connectivity index (χ1n) is 12.6. The number of carbonyl (C=O) groups excluding carboxylic acids is 2. The quantitative estimate of drug-likeness (QED) is 0.395. The van der Waals surface area contributed by atoms with Gasteiger partial charge in [-0.15, -0.1) is 0 Å². The Morgan fingerprint density at radius 2 is 1.62 bits per heavy atom. The van der Waals surface area contributed by atoms with Crippen LogP contribution >= 0.6 is 0 Å². The molecule has 0 aromatic heterocycles. The number of benzene rings is 3. The average molecular weight is 506 g/mol. The van der Waals surface area contributed by atoms with Crippen LogP contribution in [0, 0.1) is 23.5 Å². The third-order valence-electron chi connectivity index (χ3n) is 6.78. The number of hydrogen-bond donors (Lipinski definition) is 2. The van der Waals surface area contributed by atoms with Crippen LogP contribution < -0.4 is 15.5 Å². The maximum absolute atomic E-state index is 13.7.